The van der Waals surface area contributed by atoms with E-state index < -0.39 is 17.8 Å². The Hall–Kier alpha value is -2.48. The van der Waals surface area contributed by atoms with E-state index in [1.807, 2.05) is 4.90 Å². The van der Waals surface area contributed by atoms with Crippen LogP contribution in [0.15, 0.2) is 24.3 Å². The van der Waals surface area contributed by atoms with Gasteiger partial charge in [0.05, 0.1) is 0 Å². The van der Waals surface area contributed by atoms with Crippen molar-refractivity contribution in [3.63, 3.8) is 0 Å². The first-order chi connectivity index (χ1) is 14.5. The highest BCUT2D eigenvalue weighted by Gasteiger charge is 2.38. The van der Waals surface area contributed by atoms with Crippen molar-refractivity contribution in [3.8, 4) is 0 Å². The second-order valence-corrected chi connectivity index (χ2v) is 8.03. The van der Waals surface area contributed by atoms with Crippen LogP contribution >= 0.6 is 0 Å². The van der Waals surface area contributed by atoms with Crippen LogP contribution in [-0.4, -0.2) is 62.0 Å². The number of likely N-dealkylation sites (tertiary alicyclic amines) is 1. The third-order valence-corrected chi connectivity index (χ3v) is 5.75. The maximum atomic E-state index is 13.2. The van der Waals surface area contributed by atoms with Crippen LogP contribution in [-0.2, 0) is 14.3 Å². The molecule has 2 N–H and O–H groups in total. The molecule has 2 aliphatic rings. The fraction of sp³-hybridized carbons (Fsp3) is 0.591. The second kappa shape index (κ2) is 10.5. The monoisotopic (exact) mass is 419 g/mol. The van der Waals surface area contributed by atoms with Crippen molar-refractivity contribution in [2.24, 2.45) is 11.8 Å². The van der Waals surface area contributed by atoms with E-state index in [1.54, 1.807) is 7.11 Å². The normalized spacial score (nSPS) is 18.0. The number of benzene rings is 1. The number of rotatable bonds is 9. The van der Waals surface area contributed by atoms with Crippen molar-refractivity contribution < 1.29 is 23.5 Å². The maximum absolute atomic E-state index is 13.2. The van der Waals surface area contributed by atoms with Gasteiger partial charge < -0.3 is 20.3 Å². The number of amides is 3. The molecule has 7 nitrogen and oxygen atoms in total. The van der Waals surface area contributed by atoms with Crippen LogP contribution < -0.4 is 10.6 Å². The highest BCUT2D eigenvalue weighted by molar-refractivity contribution is 5.97. The predicted molar refractivity (Wildman–Crippen MR) is 109 cm³/mol. The van der Waals surface area contributed by atoms with Crippen LogP contribution in [0, 0.1) is 17.7 Å². The Morgan fingerprint density at radius 2 is 1.80 bits per heavy atom. The minimum Gasteiger partial charge on any atom is -0.385 e. The van der Waals surface area contributed by atoms with E-state index in [9.17, 15) is 18.8 Å². The Kier molecular flexibility index (Phi) is 7.79. The van der Waals surface area contributed by atoms with E-state index in [0.29, 0.717) is 51.1 Å². The van der Waals surface area contributed by atoms with Gasteiger partial charge in [0.2, 0.25) is 11.8 Å². The predicted octanol–water partition coefficient (Wildman–Crippen LogP) is 1.73. The van der Waals surface area contributed by atoms with E-state index in [-0.39, 0.29) is 23.7 Å². The van der Waals surface area contributed by atoms with Crippen molar-refractivity contribution in [3.05, 3.63) is 35.6 Å². The third-order valence-electron chi connectivity index (χ3n) is 5.75. The van der Waals surface area contributed by atoms with Crippen LogP contribution in [0.5, 0.6) is 0 Å². The molecular weight excluding hydrogens is 389 g/mol. The molecule has 0 spiro atoms. The lowest BCUT2D eigenvalue weighted by molar-refractivity contribution is -0.134. The smallest absolute Gasteiger partial charge is 0.251 e. The average Bonchev–Trinajstić information content (AvgIpc) is 3.60. The third kappa shape index (κ3) is 6.01. The van der Waals surface area contributed by atoms with Gasteiger partial charge in [0.1, 0.15) is 11.9 Å². The fourth-order valence-corrected chi connectivity index (χ4v) is 3.80. The molecule has 1 saturated heterocycles. The van der Waals surface area contributed by atoms with Crippen LogP contribution in [0.25, 0.3) is 0 Å². The van der Waals surface area contributed by atoms with E-state index in [1.165, 1.54) is 24.3 Å². The zero-order valence-corrected chi connectivity index (χ0v) is 17.4. The number of nitrogens with zero attached hydrogens (tertiary/aromatic N) is 1. The molecule has 1 aromatic carbocycles. The molecule has 30 heavy (non-hydrogen) atoms. The molecule has 3 amide bonds. The molecule has 0 bridgehead atoms. The Balaban J connectivity index is 1.62. The molecular formula is C22H30FN3O4. The zero-order chi connectivity index (χ0) is 21.5. The largest absolute Gasteiger partial charge is 0.385 e. The Labute approximate surface area is 176 Å². The van der Waals surface area contributed by atoms with Crippen molar-refractivity contribution in [2.75, 3.05) is 33.4 Å². The maximum Gasteiger partial charge on any atom is 0.251 e. The van der Waals surface area contributed by atoms with Gasteiger partial charge in [-0.25, -0.2) is 4.39 Å². The van der Waals surface area contributed by atoms with Gasteiger partial charge in [-0.05, 0) is 62.3 Å². The lowest BCUT2D eigenvalue weighted by Crippen LogP contribution is -2.54. The standard InChI is InChI=1S/C22H30FN3O4/c1-30-14-2-11-24-21(28)19(25-20(27)16-5-7-18(23)8-6-16)15-9-12-26(13-10-15)22(29)17-3-4-17/h5-8,15,17,19H,2-4,9-14H2,1H3,(H,24,28)(H,25,27). The van der Waals surface area contributed by atoms with Gasteiger partial charge in [-0.2, -0.15) is 0 Å². The summed E-state index contributed by atoms with van der Waals surface area (Å²) >= 11 is 0. The van der Waals surface area contributed by atoms with Gasteiger partial charge in [0.15, 0.2) is 0 Å². The molecule has 1 heterocycles. The Morgan fingerprint density at radius 3 is 2.40 bits per heavy atom. The molecule has 1 aromatic rings. The Morgan fingerprint density at radius 1 is 1.13 bits per heavy atom. The van der Waals surface area contributed by atoms with E-state index in [0.717, 1.165) is 12.8 Å². The molecule has 3 rings (SSSR count). The summed E-state index contributed by atoms with van der Waals surface area (Å²) in [5.41, 5.74) is 0.301. The van der Waals surface area contributed by atoms with E-state index in [2.05, 4.69) is 10.6 Å². The zero-order valence-electron chi connectivity index (χ0n) is 17.4. The summed E-state index contributed by atoms with van der Waals surface area (Å²) in [6.45, 7) is 2.18. The van der Waals surface area contributed by atoms with Crippen LogP contribution in [0.1, 0.15) is 42.5 Å². The quantitative estimate of drug-likeness (QED) is 0.597. The summed E-state index contributed by atoms with van der Waals surface area (Å²) in [5, 5.41) is 5.70. The highest BCUT2D eigenvalue weighted by Crippen LogP contribution is 2.33. The van der Waals surface area contributed by atoms with Crippen molar-refractivity contribution in [1.29, 1.82) is 0 Å². The molecule has 0 aromatic heterocycles. The summed E-state index contributed by atoms with van der Waals surface area (Å²) < 4.78 is 18.2. The highest BCUT2D eigenvalue weighted by atomic mass is 19.1. The van der Waals surface area contributed by atoms with Gasteiger partial charge in [-0.1, -0.05) is 0 Å². The molecule has 2 fully saturated rings. The van der Waals surface area contributed by atoms with Gasteiger partial charge >= 0.3 is 0 Å². The lowest BCUT2D eigenvalue weighted by Gasteiger charge is -2.36. The number of nitrogens with one attached hydrogen (secondary N) is 2. The van der Waals surface area contributed by atoms with Crippen LogP contribution in [0.3, 0.4) is 0 Å². The first kappa shape index (κ1) is 22.2. The first-order valence-electron chi connectivity index (χ1n) is 10.6. The number of hydrogen-bond acceptors (Lipinski definition) is 4. The van der Waals surface area contributed by atoms with Gasteiger partial charge in [0.25, 0.3) is 5.91 Å². The van der Waals surface area contributed by atoms with E-state index in [4.69, 9.17) is 4.74 Å². The van der Waals surface area contributed by atoms with Crippen molar-refractivity contribution >= 4 is 17.7 Å². The minimum absolute atomic E-state index is 0.0694. The van der Waals surface area contributed by atoms with Gasteiger partial charge in [-0.3, -0.25) is 14.4 Å². The molecule has 1 atom stereocenters. The number of ether oxygens (including phenoxy) is 1. The number of halogens is 1. The lowest BCUT2D eigenvalue weighted by atomic mass is 9.88. The summed E-state index contributed by atoms with van der Waals surface area (Å²) in [6.07, 6.45) is 3.92. The number of carbonyl (C=O) groups is 3. The van der Waals surface area contributed by atoms with Gasteiger partial charge in [-0.15, -0.1) is 0 Å². The summed E-state index contributed by atoms with van der Waals surface area (Å²) in [5.74, 6) is -0.757. The fourth-order valence-electron chi connectivity index (χ4n) is 3.80. The topological polar surface area (TPSA) is 87.7 Å². The molecule has 1 aliphatic heterocycles. The summed E-state index contributed by atoms with van der Waals surface area (Å²) in [7, 11) is 1.60. The molecule has 8 heteroatoms. The molecule has 1 aliphatic carbocycles. The number of hydrogen-bond donors (Lipinski definition) is 2. The van der Waals surface area contributed by atoms with Crippen molar-refractivity contribution in [2.45, 2.75) is 38.1 Å². The van der Waals surface area contributed by atoms with Crippen molar-refractivity contribution in [1.82, 2.24) is 15.5 Å². The van der Waals surface area contributed by atoms with Gasteiger partial charge in [0, 0.05) is 44.8 Å². The number of methoxy groups -OCH3 is 1. The molecule has 164 valence electrons. The first-order valence-corrected chi connectivity index (χ1v) is 10.6. The van der Waals surface area contributed by atoms with Crippen LogP contribution in [0.2, 0.25) is 0 Å². The Bertz CT molecular complexity index is 743. The summed E-state index contributed by atoms with van der Waals surface area (Å²) in [6, 6.07) is 4.53. The SMILES string of the molecule is COCCCNC(=O)C(NC(=O)c1ccc(F)cc1)C1CCN(C(=O)C2CC2)CC1. The molecule has 1 saturated carbocycles. The average molecular weight is 419 g/mol. The summed E-state index contributed by atoms with van der Waals surface area (Å²) in [4.78, 5) is 39.7. The molecule has 0 radical (unpaired) electrons. The molecule has 1 unspecified atom stereocenters. The minimum atomic E-state index is -0.705. The number of carbonyl (C=O) groups excluding carboxylic acids is 3. The number of piperidine rings is 1. The van der Waals surface area contributed by atoms with E-state index >= 15 is 0 Å². The van der Waals surface area contributed by atoms with Crippen LogP contribution in [0.4, 0.5) is 4.39 Å². The second-order valence-electron chi connectivity index (χ2n) is 8.03.